The largest absolute Gasteiger partial charge is 0.444 e. The molecular formula is C20H25N3O2. The highest BCUT2D eigenvalue weighted by Crippen LogP contribution is 2.36. The minimum Gasteiger partial charge on any atom is -0.444 e. The third-order valence-corrected chi connectivity index (χ3v) is 4.63. The van der Waals surface area contributed by atoms with Gasteiger partial charge in [0, 0.05) is 25.7 Å². The van der Waals surface area contributed by atoms with E-state index < -0.39 is 5.60 Å². The Labute approximate surface area is 149 Å². The molecular weight excluding hydrogens is 314 g/mol. The van der Waals surface area contributed by atoms with Crippen LogP contribution in [0.2, 0.25) is 0 Å². The van der Waals surface area contributed by atoms with Crippen LogP contribution in [0, 0.1) is 11.3 Å². The van der Waals surface area contributed by atoms with Gasteiger partial charge in [-0.25, -0.2) is 4.79 Å². The number of nitrogens with zero attached hydrogens (tertiary/aromatic N) is 3. The van der Waals surface area contributed by atoms with E-state index in [4.69, 9.17) is 10.00 Å². The van der Waals surface area contributed by atoms with Gasteiger partial charge in [0.05, 0.1) is 18.2 Å². The Bertz CT molecular complexity index is 700. The molecule has 0 saturated carbocycles. The van der Waals surface area contributed by atoms with Gasteiger partial charge < -0.3 is 4.74 Å². The van der Waals surface area contributed by atoms with Crippen LogP contribution in [-0.2, 0) is 11.3 Å². The van der Waals surface area contributed by atoms with Crippen molar-refractivity contribution >= 4 is 6.09 Å². The summed E-state index contributed by atoms with van der Waals surface area (Å²) in [5.74, 6) is 0. The molecule has 0 aromatic heterocycles. The number of nitriles is 1. The lowest BCUT2D eigenvalue weighted by Gasteiger charge is -2.41. The summed E-state index contributed by atoms with van der Waals surface area (Å²) in [5.41, 5.74) is 1.78. The Kier molecular flexibility index (Phi) is 4.82. The summed E-state index contributed by atoms with van der Waals surface area (Å²) in [4.78, 5) is 16.9. The number of benzene rings is 1. The Morgan fingerprint density at radius 2 is 2.04 bits per heavy atom. The van der Waals surface area contributed by atoms with Crippen LogP contribution in [0.25, 0.3) is 0 Å². The summed E-state index contributed by atoms with van der Waals surface area (Å²) in [6, 6.07) is 12.5. The van der Waals surface area contributed by atoms with Gasteiger partial charge >= 0.3 is 6.09 Å². The number of allylic oxidation sites excluding steroid dienone is 1. The molecule has 2 fully saturated rings. The van der Waals surface area contributed by atoms with Crippen LogP contribution >= 0.6 is 0 Å². The molecule has 5 nitrogen and oxygen atoms in total. The molecule has 2 aliphatic rings. The topological polar surface area (TPSA) is 56.6 Å². The summed E-state index contributed by atoms with van der Waals surface area (Å²) in [6.07, 6.45) is 2.08. The van der Waals surface area contributed by atoms with Gasteiger partial charge in [-0.15, -0.1) is 0 Å². The van der Waals surface area contributed by atoms with Crippen LogP contribution in [0.5, 0.6) is 0 Å². The Morgan fingerprint density at radius 1 is 1.32 bits per heavy atom. The smallest absolute Gasteiger partial charge is 0.411 e. The normalized spacial score (nSPS) is 25.0. The van der Waals surface area contributed by atoms with E-state index >= 15 is 0 Å². The van der Waals surface area contributed by atoms with E-state index in [0.29, 0.717) is 0 Å². The molecule has 2 saturated heterocycles. The van der Waals surface area contributed by atoms with Crippen LogP contribution in [0.3, 0.4) is 0 Å². The van der Waals surface area contributed by atoms with Gasteiger partial charge in [-0.2, -0.15) is 5.26 Å². The van der Waals surface area contributed by atoms with Crippen molar-refractivity contribution in [3.05, 3.63) is 47.5 Å². The number of carbonyl (C=O) groups excluding carboxylic acids is 1. The fraction of sp³-hybridized carbons (Fsp3) is 0.500. The fourth-order valence-electron chi connectivity index (χ4n) is 3.71. The molecule has 5 heteroatoms. The standard InChI is InChI=1S/C20H25N3O2/c1-20(2,3)25-19(24)23-17-11-16(9-10-21)18(23)14-22(13-17)12-15-7-5-4-6-8-15/h4-9,17-18H,11-14H2,1-3H3/t17-,18-/m1/s1. The van der Waals surface area contributed by atoms with Crippen molar-refractivity contribution < 1.29 is 9.53 Å². The maximum atomic E-state index is 12.7. The zero-order chi connectivity index (χ0) is 18.0. The average molecular weight is 339 g/mol. The molecule has 1 amide bonds. The summed E-state index contributed by atoms with van der Waals surface area (Å²) in [6.45, 7) is 8.03. The number of hydrogen-bond donors (Lipinski definition) is 0. The van der Waals surface area contributed by atoms with E-state index in [1.807, 2.05) is 43.9 Å². The van der Waals surface area contributed by atoms with Crippen molar-refractivity contribution in [3.63, 3.8) is 0 Å². The van der Waals surface area contributed by atoms with Crippen LogP contribution in [-0.4, -0.2) is 46.7 Å². The Hall–Kier alpha value is -2.32. The molecule has 1 aromatic rings. The number of amides is 1. The Balaban J connectivity index is 1.77. The molecule has 2 bridgehead atoms. The van der Waals surface area contributed by atoms with Crippen molar-refractivity contribution in [3.8, 4) is 6.07 Å². The fourth-order valence-corrected chi connectivity index (χ4v) is 3.71. The summed E-state index contributed by atoms with van der Waals surface area (Å²) in [5, 5.41) is 9.08. The van der Waals surface area contributed by atoms with Crippen LogP contribution in [0.4, 0.5) is 4.79 Å². The summed E-state index contributed by atoms with van der Waals surface area (Å²) in [7, 11) is 0. The van der Waals surface area contributed by atoms with Crippen molar-refractivity contribution in [2.75, 3.05) is 13.1 Å². The number of likely N-dealkylation sites (tertiary alicyclic amines) is 1. The second-order valence-electron chi connectivity index (χ2n) is 7.79. The molecule has 0 aliphatic carbocycles. The minimum absolute atomic E-state index is 0.0666. The quantitative estimate of drug-likeness (QED) is 0.776. The van der Waals surface area contributed by atoms with Crippen molar-refractivity contribution in [2.24, 2.45) is 0 Å². The van der Waals surface area contributed by atoms with Gasteiger partial charge in [-0.1, -0.05) is 30.3 Å². The molecule has 0 spiro atoms. The lowest BCUT2D eigenvalue weighted by molar-refractivity contribution is -0.00353. The molecule has 132 valence electrons. The van der Waals surface area contributed by atoms with Gasteiger partial charge in [-0.05, 0) is 38.3 Å². The first-order chi connectivity index (χ1) is 11.9. The van der Waals surface area contributed by atoms with E-state index in [-0.39, 0.29) is 18.2 Å². The van der Waals surface area contributed by atoms with E-state index in [2.05, 4.69) is 23.1 Å². The minimum atomic E-state index is -0.517. The maximum Gasteiger partial charge on any atom is 0.411 e. The highest BCUT2D eigenvalue weighted by atomic mass is 16.6. The first-order valence-electron chi connectivity index (χ1n) is 8.73. The number of fused-ring (bicyclic) bond motifs is 2. The number of hydrogen-bond acceptors (Lipinski definition) is 4. The van der Waals surface area contributed by atoms with E-state index in [0.717, 1.165) is 31.6 Å². The molecule has 1 aromatic carbocycles. The molecule has 0 unspecified atom stereocenters. The lowest BCUT2D eigenvalue weighted by atomic mass is 10.1. The second-order valence-corrected chi connectivity index (χ2v) is 7.79. The first-order valence-corrected chi connectivity index (χ1v) is 8.73. The molecule has 25 heavy (non-hydrogen) atoms. The molecule has 0 N–H and O–H groups in total. The zero-order valence-electron chi connectivity index (χ0n) is 15.1. The summed E-state index contributed by atoms with van der Waals surface area (Å²) >= 11 is 0. The van der Waals surface area contributed by atoms with Gasteiger partial charge in [0.2, 0.25) is 0 Å². The first kappa shape index (κ1) is 17.5. The number of rotatable bonds is 2. The van der Waals surface area contributed by atoms with Crippen molar-refractivity contribution in [1.82, 2.24) is 9.80 Å². The predicted octanol–water partition coefficient (Wildman–Crippen LogP) is 3.33. The van der Waals surface area contributed by atoms with Gasteiger partial charge in [0.15, 0.2) is 0 Å². The third-order valence-electron chi connectivity index (χ3n) is 4.63. The van der Waals surface area contributed by atoms with Crippen molar-refractivity contribution in [2.45, 2.75) is 51.4 Å². The lowest BCUT2D eigenvalue weighted by Crippen LogP contribution is -2.56. The number of carbonyl (C=O) groups is 1. The second kappa shape index (κ2) is 6.89. The van der Waals surface area contributed by atoms with E-state index in [1.54, 1.807) is 6.08 Å². The Morgan fingerprint density at radius 3 is 2.68 bits per heavy atom. The highest BCUT2D eigenvalue weighted by Gasteiger charge is 2.46. The average Bonchev–Trinajstić information content (AvgIpc) is 2.75. The van der Waals surface area contributed by atoms with Gasteiger partial charge in [0.25, 0.3) is 0 Å². The van der Waals surface area contributed by atoms with Gasteiger partial charge in [0.1, 0.15) is 5.60 Å². The molecule has 2 atom stereocenters. The zero-order valence-corrected chi connectivity index (χ0v) is 15.1. The summed E-state index contributed by atoms with van der Waals surface area (Å²) < 4.78 is 5.60. The molecule has 3 rings (SSSR count). The number of ether oxygens (including phenoxy) is 1. The van der Waals surface area contributed by atoms with E-state index in [9.17, 15) is 4.79 Å². The highest BCUT2D eigenvalue weighted by molar-refractivity contribution is 5.71. The molecule has 0 radical (unpaired) electrons. The molecule has 2 heterocycles. The third kappa shape index (κ3) is 4.02. The molecule has 2 aliphatic heterocycles. The number of piperazine rings is 1. The van der Waals surface area contributed by atoms with Crippen molar-refractivity contribution in [1.29, 1.82) is 5.26 Å². The monoisotopic (exact) mass is 339 g/mol. The van der Waals surface area contributed by atoms with Gasteiger partial charge in [-0.3, -0.25) is 9.80 Å². The van der Waals surface area contributed by atoms with Crippen LogP contribution < -0.4 is 0 Å². The van der Waals surface area contributed by atoms with Crippen LogP contribution in [0.15, 0.2) is 42.0 Å². The van der Waals surface area contributed by atoms with E-state index in [1.165, 1.54) is 5.56 Å². The predicted molar refractivity (Wildman–Crippen MR) is 95.7 cm³/mol. The van der Waals surface area contributed by atoms with Crippen LogP contribution in [0.1, 0.15) is 32.8 Å². The maximum absolute atomic E-state index is 12.7. The SMILES string of the molecule is CC(C)(C)OC(=O)N1[C@@H]2CC(=CC#N)[C@H]1CN(Cc1ccccc1)C2.